The first-order valence-electron chi connectivity index (χ1n) is 10.4. The van der Waals surface area contributed by atoms with Crippen molar-refractivity contribution in [2.24, 2.45) is 0 Å². The van der Waals surface area contributed by atoms with E-state index < -0.39 is 0 Å². The van der Waals surface area contributed by atoms with Crippen LogP contribution in [0.15, 0.2) is 41.6 Å². The molecule has 1 heterocycles. The van der Waals surface area contributed by atoms with Crippen LogP contribution >= 0.6 is 11.8 Å². The van der Waals surface area contributed by atoms with Gasteiger partial charge in [-0.25, -0.2) is 4.68 Å². The molecule has 1 aromatic heterocycles. The Kier molecular flexibility index (Phi) is 6.17. The maximum absolute atomic E-state index is 13.0. The molecule has 2 aromatic rings. The van der Waals surface area contributed by atoms with Gasteiger partial charge in [0.15, 0.2) is 0 Å². The zero-order valence-corrected chi connectivity index (χ0v) is 16.7. The molecule has 5 heteroatoms. The maximum atomic E-state index is 13.0. The average molecular weight is 384 g/mol. The van der Waals surface area contributed by atoms with Crippen LogP contribution in [0.25, 0.3) is 5.69 Å². The van der Waals surface area contributed by atoms with Gasteiger partial charge in [0.2, 0.25) is 0 Å². The van der Waals surface area contributed by atoms with Crippen molar-refractivity contribution in [1.82, 2.24) is 15.1 Å². The van der Waals surface area contributed by atoms with E-state index in [1.54, 1.807) is 6.20 Å². The number of nitrogens with zero attached hydrogens (tertiary/aromatic N) is 2. The Balaban J connectivity index is 1.59. The summed E-state index contributed by atoms with van der Waals surface area (Å²) < 4.78 is 1.95. The summed E-state index contributed by atoms with van der Waals surface area (Å²) >= 11 is 1.85. The third-order valence-electron chi connectivity index (χ3n) is 5.74. The van der Waals surface area contributed by atoms with Crippen molar-refractivity contribution < 1.29 is 4.79 Å². The van der Waals surface area contributed by atoms with Gasteiger partial charge in [0.1, 0.15) is 5.03 Å². The summed E-state index contributed by atoms with van der Waals surface area (Å²) in [5.74, 6) is 0.0439. The molecule has 1 amide bonds. The van der Waals surface area contributed by atoms with Crippen LogP contribution < -0.4 is 5.32 Å². The molecule has 2 aliphatic carbocycles. The number of rotatable bonds is 5. The van der Waals surface area contributed by atoms with Crippen LogP contribution in [0.2, 0.25) is 0 Å². The predicted octanol–water partition coefficient (Wildman–Crippen LogP) is 5.36. The van der Waals surface area contributed by atoms with Crippen molar-refractivity contribution in [2.45, 2.75) is 80.5 Å². The number of benzene rings is 1. The summed E-state index contributed by atoms with van der Waals surface area (Å²) in [5, 5.41) is 9.46. The molecular formula is C22H29N3OS. The highest BCUT2D eigenvalue weighted by atomic mass is 32.2. The van der Waals surface area contributed by atoms with Crippen molar-refractivity contribution in [1.29, 1.82) is 0 Å². The summed E-state index contributed by atoms with van der Waals surface area (Å²) in [6.07, 6.45) is 14.1. The van der Waals surface area contributed by atoms with E-state index in [-0.39, 0.29) is 5.91 Å². The Morgan fingerprint density at radius 2 is 1.63 bits per heavy atom. The van der Waals surface area contributed by atoms with Gasteiger partial charge in [0, 0.05) is 11.3 Å². The summed E-state index contributed by atoms with van der Waals surface area (Å²) in [4.78, 5) is 13.0. The Morgan fingerprint density at radius 1 is 0.963 bits per heavy atom. The second-order valence-electron chi connectivity index (χ2n) is 7.80. The van der Waals surface area contributed by atoms with Gasteiger partial charge in [-0.05, 0) is 37.8 Å². The number of carbonyl (C=O) groups is 1. The largest absolute Gasteiger partial charge is 0.349 e. The van der Waals surface area contributed by atoms with Gasteiger partial charge in [0.05, 0.1) is 17.4 Å². The smallest absolute Gasteiger partial charge is 0.255 e. The zero-order chi connectivity index (χ0) is 18.5. The number of aromatic nitrogens is 2. The van der Waals surface area contributed by atoms with Gasteiger partial charge in [-0.1, -0.05) is 56.7 Å². The van der Waals surface area contributed by atoms with Crippen molar-refractivity contribution in [3.63, 3.8) is 0 Å². The van der Waals surface area contributed by atoms with Crippen LogP contribution in [0, 0.1) is 0 Å². The number of para-hydroxylation sites is 1. The van der Waals surface area contributed by atoms with E-state index in [1.807, 2.05) is 34.6 Å². The van der Waals surface area contributed by atoms with E-state index >= 15 is 0 Å². The fraction of sp³-hybridized carbons (Fsp3) is 0.545. The highest BCUT2D eigenvalue weighted by Crippen LogP contribution is 2.36. The van der Waals surface area contributed by atoms with Gasteiger partial charge in [-0.3, -0.25) is 4.79 Å². The minimum Gasteiger partial charge on any atom is -0.349 e. The molecule has 0 bridgehead atoms. The maximum Gasteiger partial charge on any atom is 0.255 e. The van der Waals surface area contributed by atoms with Crippen LogP contribution in [0.1, 0.15) is 74.6 Å². The van der Waals surface area contributed by atoms with Crippen molar-refractivity contribution >= 4 is 17.7 Å². The number of hydrogen-bond acceptors (Lipinski definition) is 3. The van der Waals surface area contributed by atoms with Crippen LogP contribution in [-0.4, -0.2) is 27.0 Å². The number of thioether (sulfide) groups is 1. The normalized spacial score (nSPS) is 19.1. The zero-order valence-electron chi connectivity index (χ0n) is 15.9. The first kappa shape index (κ1) is 18.6. The van der Waals surface area contributed by atoms with E-state index in [0.29, 0.717) is 11.3 Å². The molecule has 0 unspecified atom stereocenters. The summed E-state index contributed by atoms with van der Waals surface area (Å²) in [6.45, 7) is 0. The van der Waals surface area contributed by atoms with Crippen molar-refractivity contribution in [3.8, 4) is 5.69 Å². The molecule has 0 aliphatic heterocycles. The van der Waals surface area contributed by atoms with E-state index in [2.05, 4.69) is 22.5 Å². The van der Waals surface area contributed by atoms with Gasteiger partial charge in [-0.15, -0.1) is 11.8 Å². The van der Waals surface area contributed by atoms with Gasteiger partial charge in [-0.2, -0.15) is 5.10 Å². The fourth-order valence-electron chi connectivity index (χ4n) is 4.21. The number of nitrogens with one attached hydrogen (secondary N) is 1. The van der Waals surface area contributed by atoms with Gasteiger partial charge in [0.25, 0.3) is 5.91 Å². The quantitative estimate of drug-likeness (QED) is 0.756. The molecule has 1 N–H and O–H groups in total. The van der Waals surface area contributed by atoms with E-state index in [9.17, 15) is 4.79 Å². The molecule has 4 rings (SSSR count). The monoisotopic (exact) mass is 383 g/mol. The molecule has 0 radical (unpaired) electrons. The third kappa shape index (κ3) is 4.57. The van der Waals surface area contributed by atoms with E-state index in [4.69, 9.17) is 0 Å². The molecule has 2 fully saturated rings. The lowest BCUT2D eigenvalue weighted by Crippen LogP contribution is -2.36. The minimum atomic E-state index is 0.0439. The Bertz CT molecular complexity index is 746. The number of carbonyl (C=O) groups excluding carboxylic acids is 1. The molecule has 0 saturated heterocycles. The lowest BCUT2D eigenvalue weighted by molar-refractivity contribution is 0.0924. The standard InChI is InChI=1S/C22H29N3OS/c26-21(24-17-10-4-1-5-11-17)20-16-23-25(18-12-6-2-7-13-18)22(20)27-19-14-8-3-9-15-19/h2,6-7,12-13,16-17,19H,1,3-5,8-11,14-15H2,(H,24,26). The molecule has 4 nitrogen and oxygen atoms in total. The Morgan fingerprint density at radius 3 is 2.33 bits per heavy atom. The molecule has 2 saturated carbocycles. The van der Waals surface area contributed by atoms with Crippen LogP contribution in [0.5, 0.6) is 0 Å². The van der Waals surface area contributed by atoms with Crippen LogP contribution in [-0.2, 0) is 0 Å². The Labute approximate surface area is 166 Å². The first-order valence-corrected chi connectivity index (χ1v) is 11.3. The second-order valence-corrected chi connectivity index (χ2v) is 9.09. The Hall–Kier alpha value is -1.75. The summed E-state index contributed by atoms with van der Waals surface area (Å²) in [7, 11) is 0. The SMILES string of the molecule is O=C(NC1CCCCC1)c1cnn(-c2ccccc2)c1SC1CCCCC1. The lowest BCUT2D eigenvalue weighted by Gasteiger charge is -2.24. The highest BCUT2D eigenvalue weighted by Gasteiger charge is 2.25. The highest BCUT2D eigenvalue weighted by molar-refractivity contribution is 8.00. The topological polar surface area (TPSA) is 46.9 Å². The molecule has 1 aromatic carbocycles. The van der Waals surface area contributed by atoms with Crippen molar-refractivity contribution in [2.75, 3.05) is 0 Å². The lowest BCUT2D eigenvalue weighted by atomic mass is 9.95. The molecule has 0 atom stereocenters. The van der Waals surface area contributed by atoms with E-state index in [0.717, 1.165) is 29.1 Å². The predicted molar refractivity (Wildman–Crippen MR) is 111 cm³/mol. The van der Waals surface area contributed by atoms with Crippen LogP contribution in [0.3, 0.4) is 0 Å². The summed E-state index contributed by atoms with van der Waals surface area (Å²) in [5.41, 5.74) is 1.76. The second kappa shape index (κ2) is 8.96. The average Bonchev–Trinajstić information content (AvgIpc) is 3.14. The molecule has 0 spiro atoms. The minimum absolute atomic E-state index is 0.0439. The number of amides is 1. The molecule has 144 valence electrons. The van der Waals surface area contributed by atoms with Gasteiger partial charge >= 0.3 is 0 Å². The third-order valence-corrected chi connectivity index (χ3v) is 7.16. The van der Waals surface area contributed by atoms with Crippen LogP contribution in [0.4, 0.5) is 0 Å². The summed E-state index contributed by atoms with van der Waals surface area (Å²) in [6, 6.07) is 10.5. The van der Waals surface area contributed by atoms with Gasteiger partial charge < -0.3 is 5.32 Å². The fourth-order valence-corrected chi connectivity index (χ4v) is 5.62. The van der Waals surface area contributed by atoms with E-state index in [1.165, 1.54) is 51.4 Å². The van der Waals surface area contributed by atoms with Crippen molar-refractivity contribution in [3.05, 3.63) is 42.1 Å². The first-order chi connectivity index (χ1) is 13.3. The number of hydrogen-bond donors (Lipinski definition) is 1. The molecule has 27 heavy (non-hydrogen) atoms. The molecule has 2 aliphatic rings. The molecular weight excluding hydrogens is 354 g/mol.